The summed E-state index contributed by atoms with van der Waals surface area (Å²) in [5, 5.41) is 0.365. The number of nitrogens with one attached hydrogen (secondary N) is 1. The van der Waals surface area contributed by atoms with E-state index in [4.69, 9.17) is 17.3 Å². The van der Waals surface area contributed by atoms with Crippen molar-refractivity contribution >= 4 is 33.3 Å². The Hall–Kier alpha value is -1.44. The molecule has 5 rings (SSSR count). The summed E-state index contributed by atoms with van der Waals surface area (Å²) in [6.45, 7) is 5.03. The summed E-state index contributed by atoms with van der Waals surface area (Å²) in [7, 11) is -3.90. The van der Waals surface area contributed by atoms with E-state index < -0.39 is 21.0 Å². The van der Waals surface area contributed by atoms with Gasteiger partial charge in [0.05, 0.1) is 10.4 Å². The zero-order chi connectivity index (χ0) is 22.8. The number of Topliss-reactive ketones (excluding diaryl/α,β-unsaturated/α-hetero) is 1. The lowest BCUT2D eigenvalue weighted by Gasteiger charge is -2.59. The van der Waals surface area contributed by atoms with Crippen molar-refractivity contribution in [3.8, 4) is 0 Å². The molecule has 1 aromatic carbocycles. The molecule has 3 N–H and O–H groups in total. The number of ketones is 1. The maximum atomic E-state index is 13.3. The van der Waals surface area contributed by atoms with E-state index in [1.54, 1.807) is 26.8 Å². The second-order valence-electron chi connectivity index (χ2n) is 10.5. The number of benzene rings is 1. The van der Waals surface area contributed by atoms with E-state index in [9.17, 15) is 18.0 Å². The Morgan fingerprint density at radius 3 is 2.35 bits per heavy atom. The van der Waals surface area contributed by atoms with E-state index in [2.05, 4.69) is 4.72 Å². The highest BCUT2D eigenvalue weighted by atomic mass is 35.5. The number of sulfonamides is 1. The largest absolute Gasteiger partial charge is 0.369 e. The van der Waals surface area contributed by atoms with Gasteiger partial charge in [-0.15, -0.1) is 0 Å². The highest BCUT2D eigenvalue weighted by Crippen LogP contribution is 2.62. The number of rotatable bonds is 7. The van der Waals surface area contributed by atoms with Crippen LogP contribution in [0.1, 0.15) is 57.9 Å². The number of nitrogens with two attached hydrogens (primary N) is 1. The van der Waals surface area contributed by atoms with Gasteiger partial charge in [0, 0.05) is 16.9 Å². The molecule has 4 fully saturated rings. The number of primary amides is 1. The summed E-state index contributed by atoms with van der Waals surface area (Å²) in [6.07, 6.45) is 4.82. The van der Waals surface area contributed by atoms with Gasteiger partial charge in [-0.3, -0.25) is 9.59 Å². The Morgan fingerprint density at radius 1 is 1.19 bits per heavy atom. The summed E-state index contributed by atoms with van der Waals surface area (Å²) < 4.78 is 28.4. The average molecular weight is 467 g/mol. The van der Waals surface area contributed by atoms with Gasteiger partial charge in [0.2, 0.25) is 15.9 Å². The SMILES string of the molecule is Cc1ccc(S(=O)(=O)NC(C)(C)C(=O)CC2C3CC4CC2CC(C(N)=O)(C4)C3)cc1Cl. The third-order valence-corrected chi connectivity index (χ3v) is 10.0. The van der Waals surface area contributed by atoms with Crippen LogP contribution in [0.3, 0.4) is 0 Å². The molecular formula is C23H31ClN2O4S. The monoisotopic (exact) mass is 466 g/mol. The Labute approximate surface area is 189 Å². The summed E-state index contributed by atoms with van der Waals surface area (Å²) in [5.41, 5.74) is 4.91. The van der Waals surface area contributed by atoms with Gasteiger partial charge in [-0.1, -0.05) is 17.7 Å². The van der Waals surface area contributed by atoms with Crippen LogP contribution in [0.15, 0.2) is 23.1 Å². The number of halogens is 1. The van der Waals surface area contributed by atoms with E-state index in [-0.39, 0.29) is 22.5 Å². The van der Waals surface area contributed by atoms with Crippen molar-refractivity contribution in [3.05, 3.63) is 28.8 Å². The first-order valence-electron chi connectivity index (χ1n) is 11.0. The highest BCUT2D eigenvalue weighted by molar-refractivity contribution is 7.89. The summed E-state index contributed by atoms with van der Waals surface area (Å²) in [5.74, 6) is 1.02. The van der Waals surface area contributed by atoms with Crippen LogP contribution in [0.5, 0.6) is 0 Å². The number of amides is 1. The lowest BCUT2D eigenvalue weighted by molar-refractivity contribution is -0.152. The van der Waals surface area contributed by atoms with Crippen molar-refractivity contribution in [2.75, 3.05) is 0 Å². The molecule has 0 aliphatic heterocycles. The van der Waals surface area contributed by atoms with Crippen LogP contribution >= 0.6 is 11.6 Å². The van der Waals surface area contributed by atoms with Crippen LogP contribution < -0.4 is 10.5 Å². The number of hydrogen-bond donors (Lipinski definition) is 2. The third kappa shape index (κ3) is 4.05. The van der Waals surface area contributed by atoms with Gasteiger partial charge in [0.1, 0.15) is 0 Å². The minimum Gasteiger partial charge on any atom is -0.369 e. The Morgan fingerprint density at radius 2 is 1.81 bits per heavy atom. The van der Waals surface area contributed by atoms with Gasteiger partial charge >= 0.3 is 0 Å². The van der Waals surface area contributed by atoms with E-state index in [0.717, 1.165) is 37.7 Å². The number of aryl methyl sites for hydroxylation is 1. The standard InChI is InChI=1S/C23H31ClN2O4S/c1-13-4-5-17(8-19(13)24)31(29,30)26-22(2,3)20(27)9-18-15-6-14-7-16(18)12-23(10-14,11-15)21(25)28/h4-5,8,14-16,18,26H,6-7,9-12H2,1-3H3,(H2,25,28). The topological polar surface area (TPSA) is 106 Å². The zero-order valence-corrected chi connectivity index (χ0v) is 19.9. The maximum Gasteiger partial charge on any atom is 0.241 e. The minimum absolute atomic E-state index is 0.0435. The third-order valence-electron chi connectivity index (χ3n) is 7.95. The Kier molecular flexibility index (Phi) is 5.55. The molecule has 0 heterocycles. The molecule has 2 atom stereocenters. The van der Waals surface area contributed by atoms with Gasteiger partial charge < -0.3 is 5.73 Å². The van der Waals surface area contributed by atoms with E-state index >= 15 is 0 Å². The summed E-state index contributed by atoms with van der Waals surface area (Å²) in [4.78, 5) is 25.4. The van der Waals surface area contributed by atoms with Crippen molar-refractivity contribution in [1.82, 2.24) is 4.72 Å². The molecule has 1 amide bonds. The number of carbonyl (C=O) groups excluding carboxylic acids is 2. The molecule has 0 saturated heterocycles. The first-order valence-corrected chi connectivity index (χ1v) is 12.8. The van der Waals surface area contributed by atoms with Crippen molar-refractivity contribution in [2.45, 2.75) is 69.7 Å². The molecule has 2 unspecified atom stereocenters. The molecule has 4 aliphatic rings. The van der Waals surface area contributed by atoms with Crippen LogP contribution in [0, 0.1) is 36.0 Å². The molecule has 170 valence electrons. The smallest absolute Gasteiger partial charge is 0.241 e. The zero-order valence-electron chi connectivity index (χ0n) is 18.3. The molecule has 31 heavy (non-hydrogen) atoms. The Bertz CT molecular complexity index is 1020. The molecule has 4 saturated carbocycles. The second-order valence-corrected chi connectivity index (χ2v) is 12.6. The van der Waals surface area contributed by atoms with Gasteiger partial charge in [-0.2, -0.15) is 4.72 Å². The van der Waals surface area contributed by atoms with Gasteiger partial charge in [0.15, 0.2) is 5.78 Å². The second kappa shape index (κ2) is 7.56. The first-order chi connectivity index (χ1) is 14.3. The normalized spacial score (nSPS) is 32.3. The van der Waals surface area contributed by atoms with Crippen LogP contribution in [0.4, 0.5) is 0 Å². The highest BCUT2D eigenvalue weighted by Gasteiger charge is 2.58. The Balaban J connectivity index is 1.48. The summed E-state index contributed by atoms with van der Waals surface area (Å²) >= 11 is 6.09. The molecule has 0 radical (unpaired) electrons. The van der Waals surface area contributed by atoms with Crippen LogP contribution in [-0.4, -0.2) is 25.6 Å². The molecule has 8 heteroatoms. The van der Waals surface area contributed by atoms with E-state index in [1.165, 1.54) is 12.1 Å². The van der Waals surface area contributed by atoms with Crippen molar-refractivity contribution in [3.63, 3.8) is 0 Å². The molecule has 0 spiro atoms. The fraction of sp³-hybridized carbons (Fsp3) is 0.652. The van der Waals surface area contributed by atoms with Crippen LogP contribution in [-0.2, 0) is 19.6 Å². The van der Waals surface area contributed by atoms with Gasteiger partial charge in [-0.25, -0.2) is 8.42 Å². The van der Waals surface area contributed by atoms with Crippen molar-refractivity contribution in [2.24, 2.45) is 34.8 Å². The van der Waals surface area contributed by atoms with E-state index in [0.29, 0.717) is 29.2 Å². The summed E-state index contributed by atoms with van der Waals surface area (Å²) in [6, 6.07) is 4.54. The molecule has 6 nitrogen and oxygen atoms in total. The van der Waals surface area contributed by atoms with E-state index in [1.807, 2.05) is 0 Å². The van der Waals surface area contributed by atoms with Crippen molar-refractivity contribution in [1.29, 1.82) is 0 Å². The molecule has 4 bridgehead atoms. The van der Waals surface area contributed by atoms with Crippen molar-refractivity contribution < 1.29 is 18.0 Å². The lowest BCUT2D eigenvalue weighted by atomic mass is 9.45. The minimum atomic E-state index is -3.90. The molecule has 1 aromatic rings. The molecule has 0 aromatic heterocycles. The quantitative estimate of drug-likeness (QED) is 0.640. The fourth-order valence-electron chi connectivity index (χ4n) is 6.43. The number of carbonyl (C=O) groups is 2. The molecule has 4 aliphatic carbocycles. The first kappa shape index (κ1) is 22.7. The fourth-order valence-corrected chi connectivity index (χ4v) is 8.10. The lowest BCUT2D eigenvalue weighted by Crippen LogP contribution is -2.57. The van der Waals surface area contributed by atoms with Crippen LogP contribution in [0.25, 0.3) is 0 Å². The maximum absolute atomic E-state index is 13.3. The average Bonchev–Trinajstić information content (AvgIpc) is 2.65. The van der Waals surface area contributed by atoms with Gasteiger partial charge in [-0.05, 0) is 94.2 Å². The molecular weight excluding hydrogens is 436 g/mol. The van der Waals surface area contributed by atoms with Crippen LogP contribution in [0.2, 0.25) is 5.02 Å². The van der Waals surface area contributed by atoms with Gasteiger partial charge in [0.25, 0.3) is 0 Å². The predicted molar refractivity (Wildman–Crippen MR) is 119 cm³/mol. The number of hydrogen-bond acceptors (Lipinski definition) is 4. The predicted octanol–water partition coefficient (Wildman–Crippen LogP) is 3.59.